The van der Waals surface area contributed by atoms with Crippen LogP contribution >= 0.6 is 11.8 Å². The number of thioether (sulfide) groups is 1. The van der Waals surface area contributed by atoms with Gasteiger partial charge in [-0.3, -0.25) is 14.2 Å². The fraction of sp³-hybridized carbons (Fsp3) is 0.312. The maximum Gasteiger partial charge on any atom is 0.317 e. The lowest BCUT2D eigenvalue weighted by atomic mass is 10.0. The van der Waals surface area contributed by atoms with Crippen LogP contribution in [0, 0.1) is 6.92 Å². The van der Waals surface area contributed by atoms with Crippen molar-refractivity contribution < 1.29 is 9.90 Å². The van der Waals surface area contributed by atoms with Crippen molar-refractivity contribution in [3.8, 4) is 0 Å². The van der Waals surface area contributed by atoms with Crippen molar-refractivity contribution in [3.63, 3.8) is 0 Å². The van der Waals surface area contributed by atoms with E-state index in [1.165, 1.54) is 11.8 Å². The summed E-state index contributed by atoms with van der Waals surface area (Å²) in [6.07, 6.45) is 0. The van der Waals surface area contributed by atoms with E-state index >= 15 is 0 Å². The number of rotatable bonds is 3. The van der Waals surface area contributed by atoms with Gasteiger partial charge in [-0.15, -0.1) is 0 Å². The van der Waals surface area contributed by atoms with Crippen LogP contribution in [0.4, 0.5) is 0 Å². The van der Waals surface area contributed by atoms with Crippen molar-refractivity contribution in [2.24, 2.45) is 0 Å². The Morgan fingerprint density at radius 3 is 2.68 bits per heavy atom. The number of carboxylic acids is 1. The van der Waals surface area contributed by atoms with E-state index in [9.17, 15) is 14.7 Å². The van der Waals surface area contributed by atoms with Crippen LogP contribution in [0.15, 0.2) is 40.2 Å². The van der Waals surface area contributed by atoms with E-state index in [-0.39, 0.29) is 11.5 Å². The predicted molar refractivity (Wildman–Crippen MR) is 84.5 cm³/mol. The SMILES string of the molecule is Cc1nc2c(c(=O)n1Cc1ccccc1)C(C)C(C(=O)O)S2. The fourth-order valence-corrected chi connectivity index (χ4v) is 3.99. The second kappa shape index (κ2) is 5.61. The molecule has 1 aliphatic rings. The molecule has 0 spiro atoms. The first-order valence-electron chi connectivity index (χ1n) is 7.03. The van der Waals surface area contributed by atoms with Crippen molar-refractivity contribution in [2.75, 3.05) is 0 Å². The van der Waals surface area contributed by atoms with Gasteiger partial charge in [-0.05, 0) is 12.5 Å². The Labute approximate surface area is 132 Å². The van der Waals surface area contributed by atoms with Crippen LogP contribution < -0.4 is 5.56 Å². The first kappa shape index (κ1) is 14.8. The van der Waals surface area contributed by atoms with Gasteiger partial charge in [0, 0.05) is 5.92 Å². The minimum atomic E-state index is -0.901. The number of aromatic nitrogens is 2. The Morgan fingerprint density at radius 2 is 2.05 bits per heavy atom. The summed E-state index contributed by atoms with van der Waals surface area (Å²) in [7, 11) is 0. The molecule has 5 nitrogen and oxygen atoms in total. The second-order valence-corrected chi connectivity index (χ2v) is 6.55. The van der Waals surface area contributed by atoms with Gasteiger partial charge in [0.1, 0.15) is 16.1 Å². The van der Waals surface area contributed by atoms with Gasteiger partial charge >= 0.3 is 5.97 Å². The van der Waals surface area contributed by atoms with Gasteiger partial charge in [0.2, 0.25) is 0 Å². The van der Waals surface area contributed by atoms with E-state index in [0.29, 0.717) is 23.0 Å². The molecule has 2 heterocycles. The quantitative estimate of drug-likeness (QED) is 0.879. The summed E-state index contributed by atoms with van der Waals surface area (Å²) >= 11 is 1.17. The molecule has 2 unspecified atom stereocenters. The number of aliphatic carboxylic acids is 1. The Balaban J connectivity index is 2.06. The van der Waals surface area contributed by atoms with Gasteiger partial charge in [0.15, 0.2) is 0 Å². The molecular weight excluding hydrogens is 300 g/mol. The molecule has 6 heteroatoms. The van der Waals surface area contributed by atoms with Gasteiger partial charge in [0.25, 0.3) is 5.56 Å². The smallest absolute Gasteiger partial charge is 0.317 e. The molecule has 0 saturated carbocycles. The minimum absolute atomic E-state index is 0.130. The van der Waals surface area contributed by atoms with Crippen LogP contribution in [0.3, 0.4) is 0 Å². The van der Waals surface area contributed by atoms with Gasteiger partial charge in [-0.1, -0.05) is 49.0 Å². The van der Waals surface area contributed by atoms with Gasteiger partial charge in [-0.25, -0.2) is 4.98 Å². The summed E-state index contributed by atoms with van der Waals surface area (Å²) in [5, 5.41) is 9.19. The molecule has 114 valence electrons. The largest absolute Gasteiger partial charge is 0.480 e. The monoisotopic (exact) mass is 316 g/mol. The highest BCUT2D eigenvalue weighted by atomic mass is 32.2. The van der Waals surface area contributed by atoms with Gasteiger partial charge < -0.3 is 5.11 Å². The number of fused-ring (bicyclic) bond motifs is 1. The molecule has 1 aliphatic heterocycles. The van der Waals surface area contributed by atoms with Gasteiger partial charge in [0.05, 0.1) is 12.1 Å². The van der Waals surface area contributed by atoms with Crippen LogP contribution in [0.5, 0.6) is 0 Å². The summed E-state index contributed by atoms with van der Waals surface area (Å²) in [6, 6.07) is 9.69. The zero-order valence-electron chi connectivity index (χ0n) is 12.3. The molecule has 0 amide bonds. The van der Waals surface area contributed by atoms with Crippen molar-refractivity contribution >= 4 is 17.7 Å². The van der Waals surface area contributed by atoms with Crippen LogP contribution in [0.1, 0.15) is 29.8 Å². The number of hydrogen-bond acceptors (Lipinski definition) is 4. The molecule has 2 atom stereocenters. The Bertz CT molecular complexity index is 786. The lowest BCUT2D eigenvalue weighted by Gasteiger charge is -2.13. The van der Waals surface area contributed by atoms with Crippen molar-refractivity contribution in [2.45, 2.75) is 36.6 Å². The summed E-state index contributed by atoms with van der Waals surface area (Å²) in [6.45, 7) is 4.01. The first-order chi connectivity index (χ1) is 10.5. The molecule has 1 aromatic carbocycles. The maximum absolute atomic E-state index is 12.8. The summed E-state index contributed by atoms with van der Waals surface area (Å²) in [4.78, 5) is 28.5. The number of nitrogens with zero attached hydrogens (tertiary/aromatic N) is 2. The lowest BCUT2D eigenvalue weighted by molar-refractivity contribution is -0.136. The molecule has 3 rings (SSSR count). The number of carboxylic acid groups (broad SMARTS) is 1. The average Bonchev–Trinajstić information content (AvgIpc) is 2.81. The molecule has 0 fully saturated rings. The number of benzene rings is 1. The van der Waals surface area contributed by atoms with E-state index in [4.69, 9.17) is 0 Å². The highest BCUT2D eigenvalue weighted by Crippen LogP contribution is 2.42. The second-order valence-electron chi connectivity index (χ2n) is 5.42. The lowest BCUT2D eigenvalue weighted by Crippen LogP contribution is -2.29. The highest BCUT2D eigenvalue weighted by Gasteiger charge is 2.39. The number of hydrogen-bond donors (Lipinski definition) is 1. The third kappa shape index (κ3) is 2.43. The Hall–Kier alpha value is -2.08. The third-order valence-electron chi connectivity index (χ3n) is 3.93. The topological polar surface area (TPSA) is 72.2 Å². The van der Waals surface area contributed by atoms with Crippen molar-refractivity contribution in [1.29, 1.82) is 0 Å². The molecule has 1 aromatic heterocycles. The highest BCUT2D eigenvalue weighted by molar-refractivity contribution is 8.00. The molecule has 2 aromatic rings. The molecular formula is C16H16N2O3S. The molecule has 1 N–H and O–H groups in total. The van der Waals surface area contributed by atoms with E-state index in [2.05, 4.69) is 4.98 Å². The summed E-state index contributed by atoms with van der Waals surface area (Å²) in [5.41, 5.74) is 1.41. The zero-order chi connectivity index (χ0) is 15.9. The Morgan fingerprint density at radius 1 is 1.36 bits per heavy atom. The number of carbonyl (C=O) groups is 1. The van der Waals surface area contributed by atoms with E-state index in [1.54, 1.807) is 18.4 Å². The molecule has 0 aliphatic carbocycles. The maximum atomic E-state index is 12.8. The van der Waals surface area contributed by atoms with E-state index in [0.717, 1.165) is 5.56 Å². The standard InChI is InChI=1S/C16H16N2O3S/c1-9-12-14(22-13(9)16(20)21)17-10(2)18(15(12)19)8-11-6-4-3-5-7-11/h3-7,9,13H,8H2,1-2H3,(H,20,21). The van der Waals surface area contributed by atoms with Crippen molar-refractivity contribution in [1.82, 2.24) is 9.55 Å². The average molecular weight is 316 g/mol. The minimum Gasteiger partial charge on any atom is -0.480 e. The van der Waals surface area contributed by atoms with Crippen LogP contribution in [-0.2, 0) is 11.3 Å². The summed E-state index contributed by atoms with van der Waals surface area (Å²) < 4.78 is 1.62. The molecule has 0 saturated heterocycles. The normalized spacial score (nSPS) is 19.9. The first-order valence-corrected chi connectivity index (χ1v) is 7.91. The third-order valence-corrected chi connectivity index (χ3v) is 5.33. The number of aryl methyl sites for hydroxylation is 1. The van der Waals surface area contributed by atoms with Gasteiger partial charge in [-0.2, -0.15) is 0 Å². The summed E-state index contributed by atoms with van der Waals surface area (Å²) in [5.74, 6) is -0.624. The van der Waals surface area contributed by atoms with Crippen LogP contribution in [0.2, 0.25) is 0 Å². The van der Waals surface area contributed by atoms with Crippen molar-refractivity contribution in [3.05, 3.63) is 57.6 Å². The van der Waals surface area contributed by atoms with E-state index in [1.807, 2.05) is 30.3 Å². The van der Waals surface area contributed by atoms with Crippen LogP contribution in [-0.4, -0.2) is 25.9 Å². The predicted octanol–water partition coefficient (Wildman–Crippen LogP) is 2.26. The molecule has 22 heavy (non-hydrogen) atoms. The molecule has 0 bridgehead atoms. The van der Waals surface area contributed by atoms with E-state index < -0.39 is 11.2 Å². The molecule has 0 radical (unpaired) electrons. The Kier molecular flexibility index (Phi) is 3.78. The zero-order valence-corrected chi connectivity index (χ0v) is 13.1. The fourth-order valence-electron chi connectivity index (χ4n) is 2.72. The van der Waals surface area contributed by atoms with Crippen LogP contribution in [0.25, 0.3) is 0 Å².